The first-order valence-electron chi connectivity index (χ1n) is 7.94. The molecule has 2 saturated heterocycles. The van der Waals surface area contributed by atoms with Crippen LogP contribution in [-0.2, 0) is 4.79 Å². The lowest BCUT2D eigenvalue weighted by atomic mass is 10.1. The van der Waals surface area contributed by atoms with E-state index in [1.807, 2.05) is 0 Å². The van der Waals surface area contributed by atoms with Crippen LogP contribution in [0.25, 0.3) is 0 Å². The average molecular weight is 267 g/mol. The van der Waals surface area contributed by atoms with Crippen molar-refractivity contribution < 1.29 is 4.79 Å². The smallest absolute Gasteiger partial charge is 0.241 e. The van der Waals surface area contributed by atoms with E-state index in [1.54, 1.807) is 0 Å². The summed E-state index contributed by atoms with van der Waals surface area (Å²) in [6, 6.07) is 0.371. The maximum atomic E-state index is 12.5. The molecule has 110 valence electrons. The highest BCUT2D eigenvalue weighted by Gasteiger charge is 2.38. The minimum atomic E-state index is 0.0518. The van der Waals surface area contributed by atoms with Crippen molar-refractivity contribution in [2.24, 2.45) is 0 Å². The quantitative estimate of drug-likeness (QED) is 0.797. The summed E-state index contributed by atoms with van der Waals surface area (Å²) in [4.78, 5) is 17.0. The number of nitrogens with zero attached hydrogens (tertiary/aromatic N) is 2. The lowest BCUT2D eigenvalue weighted by molar-refractivity contribution is -0.132. The van der Waals surface area contributed by atoms with Crippen LogP contribution in [0.2, 0.25) is 0 Å². The van der Waals surface area contributed by atoms with E-state index in [0.29, 0.717) is 11.9 Å². The summed E-state index contributed by atoms with van der Waals surface area (Å²) in [5, 5.41) is 3.45. The molecular weight excluding hydrogens is 238 g/mol. The van der Waals surface area contributed by atoms with Gasteiger partial charge in [-0.15, -0.1) is 0 Å². The molecule has 19 heavy (non-hydrogen) atoms. The Balaban J connectivity index is 1.89. The molecule has 0 radical (unpaired) electrons. The number of carbonyl (C=O) groups excluding carboxylic acids is 1. The molecule has 2 heterocycles. The molecule has 3 atom stereocenters. The highest BCUT2D eigenvalue weighted by Crippen LogP contribution is 2.19. The van der Waals surface area contributed by atoms with Crippen LogP contribution in [0.15, 0.2) is 0 Å². The molecule has 0 saturated carbocycles. The summed E-state index contributed by atoms with van der Waals surface area (Å²) >= 11 is 0. The molecule has 0 aliphatic carbocycles. The molecule has 2 aliphatic rings. The average Bonchev–Trinajstić information content (AvgIpc) is 2.95. The van der Waals surface area contributed by atoms with Gasteiger partial charge in [-0.05, 0) is 46.2 Å². The van der Waals surface area contributed by atoms with E-state index in [-0.39, 0.29) is 12.2 Å². The summed E-state index contributed by atoms with van der Waals surface area (Å²) in [6.45, 7) is 9.91. The second-order valence-corrected chi connectivity index (χ2v) is 6.14. The first-order chi connectivity index (χ1) is 9.13. The molecule has 4 nitrogen and oxygen atoms in total. The van der Waals surface area contributed by atoms with Gasteiger partial charge in [0.05, 0.1) is 12.2 Å². The Labute approximate surface area is 117 Å². The largest absolute Gasteiger partial charge is 0.322 e. The van der Waals surface area contributed by atoms with Crippen LogP contribution >= 0.6 is 0 Å². The predicted octanol–water partition coefficient (Wildman–Crippen LogP) is 1.81. The second kappa shape index (κ2) is 6.71. The summed E-state index contributed by atoms with van der Waals surface area (Å²) in [5.41, 5.74) is 0. The minimum absolute atomic E-state index is 0.0518. The zero-order valence-electron chi connectivity index (χ0n) is 12.7. The van der Waals surface area contributed by atoms with E-state index in [1.165, 1.54) is 25.9 Å². The zero-order valence-corrected chi connectivity index (χ0v) is 12.7. The number of amides is 1. The van der Waals surface area contributed by atoms with Gasteiger partial charge in [-0.1, -0.05) is 19.8 Å². The zero-order chi connectivity index (χ0) is 13.8. The van der Waals surface area contributed by atoms with Gasteiger partial charge in [0, 0.05) is 12.6 Å². The van der Waals surface area contributed by atoms with E-state index in [2.05, 4.69) is 35.9 Å². The molecule has 0 spiro atoms. The SMILES string of the molecule is CCCCC1NC(C)N(C(C)CN2CCCC2)C1=O. The molecule has 4 heteroatoms. The highest BCUT2D eigenvalue weighted by molar-refractivity contribution is 5.84. The molecule has 2 aliphatic heterocycles. The molecule has 2 rings (SSSR count). The Hall–Kier alpha value is -0.610. The number of hydrogen-bond donors (Lipinski definition) is 1. The Kier molecular flexibility index (Phi) is 5.22. The fourth-order valence-electron chi connectivity index (χ4n) is 3.45. The van der Waals surface area contributed by atoms with Gasteiger partial charge >= 0.3 is 0 Å². The molecule has 3 unspecified atom stereocenters. The summed E-state index contributed by atoms with van der Waals surface area (Å²) in [6.07, 6.45) is 6.08. The van der Waals surface area contributed by atoms with Crippen LogP contribution in [0.1, 0.15) is 52.9 Å². The molecule has 0 bridgehead atoms. The van der Waals surface area contributed by atoms with Crippen molar-refractivity contribution in [2.45, 2.75) is 71.1 Å². The van der Waals surface area contributed by atoms with Crippen LogP contribution in [0.3, 0.4) is 0 Å². The van der Waals surface area contributed by atoms with E-state index < -0.39 is 0 Å². The predicted molar refractivity (Wildman–Crippen MR) is 77.9 cm³/mol. The number of nitrogens with one attached hydrogen (secondary N) is 1. The fraction of sp³-hybridized carbons (Fsp3) is 0.933. The summed E-state index contributed by atoms with van der Waals surface area (Å²) in [7, 11) is 0. The lowest BCUT2D eigenvalue weighted by Gasteiger charge is -2.31. The first-order valence-corrected chi connectivity index (χ1v) is 7.94. The summed E-state index contributed by atoms with van der Waals surface area (Å²) < 4.78 is 0. The number of carbonyl (C=O) groups is 1. The van der Waals surface area contributed by atoms with Crippen molar-refractivity contribution in [3.8, 4) is 0 Å². The molecule has 1 N–H and O–H groups in total. The van der Waals surface area contributed by atoms with Crippen LogP contribution in [0.4, 0.5) is 0 Å². The van der Waals surface area contributed by atoms with Gasteiger partial charge in [-0.2, -0.15) is 0 Å². The Morgan fingerprint density at radius 3 is 2.68 bits per heavy atom. The number of rotatable bonds is 6. The van der Waals surface area contributed by atoms with Crippen LogP contribution < -0.4 is 5.32 Å². The molecule has 0 aromatic heterocycles. The van der Waals surface area contributed by atoms with Gasteiger partial charge < -0.3 is 9.80 Å². The fourth-order valence-corrected chi connectivity index (χ4v) is 3.45. The number of unbranched alkanes of at least 4 members (excludes halogenated alkanes) is 1. The van der Waals surface area contributed by atoms with Crippen LogP contribution in [0, 0.1) is 0 Å². The van der Waals surface area contributed by atoms with E-state index >= 15 is 0 Å². The number of likely N-dealkylation sites (tertiary alicyclic amines) is 1. The van der Waals surface area contributed by atoms with Gasteiger partial charge in [0.25, 0.3) is 0 Å². The third-order valence-electron chi connectivity index (χ3n) is 4.45. The normalized spacial score (nSPS) is 30.3. The van der Waals surface area contributed by atoms with E-state index in [9.17, 15) is 4.79 Å². The third-order valence-corrected chi connectivity index (χ3v) is 4.45. The van der Waals surface area contributed by atoms with Gasteiger partial charge in [0.15, 0.2) is 0 Å². The second-order valence-electron chi connectivity index (χ2n) is 6.14. The van der Waals surface area contributed by atoms with Crippen molar-refractivity contribution in [3.63, 3.8) is 0 Å². The third kappa shape index (κ3) is 3.48. The van der Waals surface area contributed by atoms with Crippen molar-refractivity contribution in [3.05, 3.63) is 0 Å². The topological polar surface area (TPSA) is 35.6 Å². The molecule has 2 fully saturated rings. The van der Waals surface area contributed by atoms with Crippen molar-refractivity contribution in [1.29, 1.82) is 0 Å². The van der Waals surface area contributed by atoms with Gasteiger partial charge in [0.2, 0.25) is 5.91 Å². The molecule has 0 aromatic rings. The Bertz CT molecular complexity index is 302. The Morgan fingerprint density at radius 2 is 2.05 bits per heavy atom. The summed E-state index contributed by atoms with van der Waals surface area (Å²) in [5.74, 6) is 0.313. The van der Waals surface area contributed by atoms with Gasteiger partial charge in [-0.3, -0.25) is 10.1 Å². The monoisotopic (exact) mass is 267 g/mol. The van der Waals surface area contributed by atoms with Gasteiger partial charge in [-0.25, -0.2) is 0 Å². The van der Waals surface area contributed by atoms with E-state index in [4.69, 9.17) is 0 Å². The lowest BCUT2D eigenvalue weighted by Crippen LogP contribution is -2.46. The molecular formula is C15H29N3O. The molecule has 1 amide bonds. The van der Waals surface area contributed by atoms with Crippen LogP contribution in [0.5, 0.6) is 0 Å². The van der Waals surface area contributed by atoms with Crippen molar-refractivity contribution >= 4 is 5.91 Å². The van der Waals surface area contributed by atoms with Crippen molar-refractivity contribution in [1.82, 2.24) is 15.1 Å². The maximum Gasteiger partial charge on any atom is 0.241 e. The standard InChI is InChI=1S/C15H29N3O/c1-4-5-8-14-15(19)18(13(3)16-14)12(2)11-17-9-6-7-10-17/h12-14,16H,4-11H2,1-3H3. The van der Waals surface area contributed by atoms with Gasteiger partial charge in [0.1, 0.15) is 0 Å². The van der Waals surface area contributed by atoms with Crippen LogP contribution in [-0.4, -0.2) is 53.6 Å². The minimum Gasteiger partial charge on any atom is -0.322 e. The van der Waals surface area contributed by atoms with Crippen molar-refractivity contribution in [2.75, 3.05) is 19.6 Å². The highest BCUT2D eigenvalue weighted by atomic mass is 16.2. The first kappa shape index (κ1) is 14.8. The number of hydrogen-bond acceptors (Lipinski definition) is 3. The maximum absolute atomic E-state index is 12.5. The Morgan fingerprint density at radius 1 is 1.37 bits per heavy atom. The molecule has 0 aromatic carbocycles. The van der Waals surface area contributed by atoms with E-state index in [0.717, 1.165) is 25.8 Å².